The maximum atomic E-state index is 13.7. The van der Waals surface area contributed by atoms with Crippen molar-refractivity contribution in [2.45, 2.75) is 55.3 Å². The standard InChI is InChI=1S/C33H32N2O5/c36-25-13-10-22-16-26-33(39)17-24(31(38)34-23-11-8-21(9-12-23)20-4-2-1-3-5-20)28(37)30-32(33,27(22)29(25)40-30)14-15-35(26)18-19-6-7-19/h1-5,8-13,19,26,30,36-37,39H,6-7,14-18H2,(H,34,38)/t26-,30+,32+,33-/m1/s1. The van der Waals surface area contributed by atoms with Crippen LogP contribution in [0.25, 0.3) is 11.1 Å². The van der Waals surface area contributed by atoms with Gasteiger partial charge in [-0.25, -0.2) is 0 Å². The third-order valence-electron chi connectivity index (χ3n) is 10.0. The van der Waals surface area contributed by atoms with E-state index in [4.69, 9.17) is 4.74 Å². The van der Waals surface area contributed by atoms with E-state index in [2.05, 4.69) is 10.2 Å². The minimum Gasteiger partial charge on any atom is -0.508 e. The van der Waals surface area contributed by atoms with E-state index < -0.39 is 23.0 Å². The second-order valence-electron chi connectivity index (χ2n) is 12.2. The summed E-state index contributed by atoms with van der Waals surface area (Å²) in [5, 5.41) is 38.0. The number of rotatable bonds is 5. The SMILES string of the molecule is O=C(Nc1ccc(-c2ccccc2)cc1)C1=C(O)[C@@H]2Oc3c(O)ccc4c3[C@@]23CCN(CC2CC2)[C@H](C4)[C@]3(O)C1. The Bertz CT molecular complexity index is 1560. The van der Waals surface area contributed by atoms with Gasteiger partial charge in [-0.15, -0.1) is 0 Å². The van der Waals surface area contributed by atoms with Crippen molar-refractivity contribution in [1.82, 2.24) is 4.90 Å². The number of carbonyl (C=O) groups is 1. The van der Waals surface area contributed by atoms with Gasteiger partial charge >= 0.3 is 0 Å². The van der Waals surface area contributed by atoms with Crippen LogP contribution in [0.15, 0.2) is 78.1 Å². The Morgan fingerprint density at radius 3 is 2.50 bits per heavy atom. The molecule has 3 aromatic rings. The Morgan fingerprint density at radius 1 is 1.00 bits per heavy atom. The van der Waals surface area contributed by atoms with Crippen molar-refractivity contribution in [2.24, 2.45) is 5.92 Å². The highest BCUT2D eigenvalue weighted by molar-refractivity contribution is 6.04. The number of aliphatic hydroxyl groups is 2. The van der Waals surface area contributed by atoms with Gasteiger partial charge in [-0.05, 0) is 73.0 Å². The van der Waals surface area contributed by atoms with E-state index in [9.17, 15) is 20.1 Å². The minimum atomic E-state index is -1.33. The molecular weight excluding hydrogens is 504 g/mol. The molecule has 1 amide bonds. The average Bonchev–Trinajstić information content (AvgIpc) is 3.71. The van der Waals surface area contributed by atoms with Crippen molar-refractivity contribution >= 4 is 11.6 Å². The second kappa shape index (κ2) is 8.35. The molecule has 3 aromatic carbocycles. The largest absolute Gasteiger partial charge is 0.508 e. The van der Waals surface area contributed by atoms with Crippen LogP contribution in [0.5, 0.6) is 11.5 Å². The predicted octanol–water partition coefficient (Wildman–Crippen LogP) is 4.68. The number of carbonyl (C=O) groups excluding carboxylic acids is 1. The maximum Gasteiger partial charge on any atom is 0.255 e. The zero-order chi connectivity index (χ0) is 27.2. The van der Waals surface area contributed by atoms with Crippen molar-refractivity contribution in [2.75, 3.05) is 18.4 Å². The number of hydrogen-bond donors (Lipinski definition) is 4. The first-order valence-corrected chi connectivity index (χ1v) is 14.3. The molecule has 0 aromatic heterocycles. The molecule has 2 fully saturated rings. The number of anilines is 1. The molecule has 1 spiro atoms. The second-order valence-corrected chi connectivity index (χ2v) is 12.2. The Kier molecular flexibility index (Phi) is 5.01. The lowest BCUT2D eigenvalue weighted by Gasteiger charge is -2.62. The summed E-state index contributed by atoms with van der Waals surface area (Å²) < 4.78 is 6.29. The molecular formula is C33H32N2O5. The molecule has 4 atom stereocenters. The van der Waals surface area contributed by atoms with Crippen LogP contribution in [0.2, 0.25) is 0 Å². The van der Waals surface area contributed by atoms with Gasteiger partial charge in [-0.1, -0.05) is 48.5 Å². The number of piperidine rings is 1. The first kappa shape index (κ1) is 24.0. The topological polar surface area (TPSA) is 102 Å². The Hall–Kier alpha value is -3.81. The number of benzene rings is 3. The molecule has 3 aliphatic carbocycles. The normalized spacial score (nSPS) is 30.0. The Morgan fingerprint density at radius 2 is 1.75 bits per heavy atom. The third-order valence-corrected chi connectivity index (χ3v) is 10.0. The molecule has 2 aliphatic heterocycles. The zero-order valence-electron chi connectivity index (χ0n) is 22.1. The number of nitrogens with zero attached hydrogens (tertiary/aromatic N) is 1. The molecule has 7 heteroatoms. The van der Waals surface area contributed by atoms with Crippen LogP contribution in [0.3, 0.4) is 0 Å². The summed E-state index contributed by atoms with van der Waals surface area (Å²) >= 11 is 0. The fraction of sp³-hybridized carbons (Fsp3) is 0.364. The fourth-order valence-electron chi connectivity index (χ4n) is 7.95. The van der Waals surface area contributed by atoms with Gasteiger partial charge in [0, 0.05) is 30.3 Å². The van der Waals surface area contributed by atoms with Crippen LogP contribution < -0.4 is 10.1 Å². The number of likely N-dealkylation sites (tertiary alicyclic amines) is 1. The Labute approximate surface area is 232 Å². The summed E-state index contributed by atoms with van der Waals surface area (Å²) in [4.78, 5) is 16.1. The van der Waals surface area contributed by atoms with Gasteiger partial charge in [0.1, 0.15) is 5.76 Å². The quantitative estimate of drug-likeness (QED) is 0.378. The molecule has 8 rings (SSSR count). The number of aromatic hydroxyl groups is 1. The number of aliphatic hydroxyl groups excluding tert-OH is 1. The molecule has 0 unspecified atom stereocenters. The molecule has 2 heterocycles. The summed E-state index contributed by atoms with van der Waals surface area (Å²) in [7, 11) is 0. The molecule has 2 bridgehead atoms. The number of nitrogens with one attached hydrogen (secondary N) is 1. The molecule has 204 valence electrons. The molecule has 5 aliphatic rings. The van der Waals surface area contributed by atoms with Crippen molar-refractivity contribution in [3.8, 4) is 22.6 Å². The Balaban J connectivity index is 1.17. The van der Waals surface area contributed by atoms with Crippen molar-refractivity contribution in [3.63, 3.8) is 0 Å². The molecule has 4 N–H and O–H groups in total. The number of ether oxygens (including phenoxy) is 1. The highest BCUT2D eigenvalue weighted by Crippen LogP contribution is 2.66. The van der Waals surface area contributed by atoms with Crippen LogP contribution in [0.4, 0.5) is 5.69 Å². The van der Waals surface area contributed by atoms with E-state index in [1.807, 2.05) is 60.7 Å². The predicted molar refractivity (Wildman–Crippen MR) is 150 cm³/mol. The van der Waals surface area contributed by atoms with Gasteiger partial charge in [-0.3, -0.25) is 9.69 Å². The van der Waals surface area contributed by atoms with Crippen LogP contribution in [-0.4, -0.2) is 57.0 Å². The van der Waals surface area contributed by atoms with Crippen LogP contribution >= 0.6 is 0 Å². The van der Waals surface area contributed by atoms with Gasteiger partial charge in [0.05, 0.1) is 16.6 Å². The van der Waals surface area contributed by atoms with Gasteiger partial charge in [0.25, 0.3) is 5.91 Å². The molecule has 1 saturated heterocycles. The smallest absolute Gasteiger partial charge is 0.255 e. The van der Waals surface area contributed by atoms with E-state index in [-0.39, 0.29) is 29.5 Å². The highest BCUT2D eigenvalue weighted by Gasteiger charge is 2.73. The maximum absolute atomic E-state index is 13.7. The highest BCUT2D eigenvalue weighted by atomic mass is 16.5. The first-order chi connectivity index (χ1) is 19.4. The summed E-state index contributed by atoms with van der Waals surface area (Å²) in [6, 6.07) is 21.0. The number of amides is 1. The van der Waals surface area contributed by atoms with E-state index in [1.54, 1.807) is 6.07 Å². The number of phenols is 1. The summed E-state index contributed by atoms with van der Waals surface area (Å²) in [5.41, 5.74) is 2.48. The van der Waals surface area contributed by atoms with Crippen molar-refractivity contribution in [1.29, 1.82) is 0 Å². The van der Waals surface area contributed by atoms with Gasteiger partial charge < -0.3 is 25.4 Å². The lowest BCUT2D eigenvalue weighted by Crippen LogP contribution is -2.75. The minimum absolute atomic E-state index is 0.000965. The van der Waals surface area contributed by atoms with Crippen molar-refractivity contribution < 1.29 is 24.9 Å². The van der Waals surface area contributed by atoms with Gasteiger partial charge in [0.2, 0.25) is 0 Å². The molecule has 1 saturated carbocycles. The number of phenolic OH excluding ortho intramolecular Hbond substituents is 1. The van der Waals surface area contributed by atoms with Crippen LogP contribution in [0.1, 0.15) is 36.8 Å². The van der Waals surface area contributed by atoms with E-state index >= 15 is 0 Å². The van der Waals surface area contributed by atoms with E-state index in [0.29, 0.717) is 30.2 Å². The van der Waals surface area contributed by atoms with Crippen LogP contribution in [-0.2, 0) is 16.6 Å². The summed E-state index contributed by atoms with van der Waals surface area (Å²) in [6.45, 7) is 1.71. The lowest BCUT2D eigenvalue weighted by atomic mass is 9.49. The van der Waals surface area contributed by atoms with Crippen molar-refractivity contribution in [3.05, 3.63) is 89.2 Å². The van der Waals surface area contributed by atoms with E-state index in [0.717, 1.165) is 35.3 Å². The van der Waals surface area contributed by atoms with Gasteiger partial charge in [-0.2, -0.15) is 0 Å². The third kappa shape index (κ3) is 3.22. The molecule has 40 heavy (non-hydrogen) atoms. The summed E-state index contributed by atoms with van der Waals surface area (Å²) in [5.74, 6) is 0.385. The zero-order valence-corrected chi connectivity index (χ0v) is 22.1. The summed E-state index contributed by atoms with van der Waals surface area (Å²) in [6.07, 6.45) is 2.71. The monoisotopic (exact) mass is 536 g/mol. The molecule has 0 radical (unpaired) electrons. The fourth-order valence-corrected chi connectivity index (χ4v) is 7.95. The van der Waals surface area contributed by atoms with Gasteiger partial charge in [0.15, 0.2) is 17.6 Å². The first-order valence-electron chi connectivity index (χ1n) is 14.3. The average molecular weight is 537 g/mol. The lowest BCUT2D eigenvalue weighted by molar-refractivity contribution is -0.172. The molecule has 7 nitrogen and oxygen atoms in total. The van der Waals surface area contributed by atoms with E-state index in [1.165, 1.54) is 12.8 Å². The number of hydrogen-bond acceptors (Lipinski definition) is 6. The van der Waals surface area contributed by atoms with Crippen LogP contribution in [0, 0.1) is 5.92 Å².